The first-order chi connectivity index (χ1) is 12.1. The van der Waals surface area contributed by atoms with Crippen LogP contribution in [0.25, 0.3) is 5.65 Å². The van der Waals surface area contributed by atoms with Crippen LogP contribution in [0.15, 0.2) is 36.5 Å². The van der Waals surface area contributed by atoms with Crippen LogP contribution in [0.1, 0.15) is 42.9 Å². The number of hydrogen-bond acceptors (Lipinski definition) is 5. The number of fused-ring (bicyclic) bond motifs is 1. The Morgan fingerprint density at radius 3 is 2.64 bits per heavy atom. The Balaban J connectivity index is 1.71. The molecule has 2 aromatic heterocycles. The van der Waals surface area contributed by atoms with Gasteiger partial charge in [-0.1, -0.05) is 18.2 Å². The largest absolute Gasteiger partial charge is 0.382 e. The molecule has 1 fully saturated rings. The number of aryl methyl sites for hydroxylation is 1. The van der Waals surface area contributed by atoms with Gasteiger partial charge in [0.15, 0.2) is 5.65 Å². The second-order valence-corrected chi connectivity index (χ2v) is 6.97. The lowest BCUT2D eigenvalue weighted by Crippen LogP contribution is -2.25. The van der Waals surface area contributed by atoms with E-state index in [0.717, 1.165) is 48.4 Å². The summed E-state index contributed by atoms with van der Waals surface area (Å²) in [4.78, 5) is 4.87. The van der Waals surface area contributed by atoms with Gasteiger partial charge in [0.1, 0.15) is 5.82 Å². The number of aromatic nitrogens is 3. The van der Waals surface area contributed by atoms with Gasteiger partial charge in [0.05, 0.1) is 17.6 Å². The number of anilines is 3. The third kappa shape index (κ3) is 3.17. The van der Waals surface area contributed by atoms with E-state index in [4.69, 9.17) is 16.5 Å². The third-order valence-corrected chi connectivity index (χ3v) is 5.07. The summed E-state index contributed by atoms with van der Waals surface area (Å²) in [5, 5.41) is 7.85. The summed E-state index contributed by atoms with van der Waals surface area (Å²) in [6, 6.07) is 10.3. The van der Waals surface area contributed by atoms with Crippen molar-refractivity contribution >= 4 is 22.8 Å². The molecule has 0 saturated heterocycles. The van der Waals surface area contributed by atoms with Gasteiger partial charge < -0.3 is 16.8 Å². The van der Waals surface area contributed by atoms with Crippen LogP contribution in [0.3, 0.4) is 0 Å². The lowest BCUT2D eigenvalue weighted by Gasteiger charge is -2.24. The molecule has 1 aliphatic rings. The summed E-state index contributed by atoms with van der Waals surface area (Å²) in [7, 11) is 0. The van der Waals surface area contributed by atoms with Crippen LogP contribution in [0.4, 0.5) is 17.2 Å². The molecule has 5 N–H and O–H groups in total. The van der Waals surface area contributed by atoms with E-state index in [1.165, 1.54) is 5.56 Å². The maximum Gasteiger partial charge on any atom is 0.177 e. The van der Waals surface area contributed by atoms with E-state index in [1.807, 2.05) is 24.4 Å². The van der Waals surface area contributed by atoms with E-state index in [9.17, 15) is 0 Å². The summed E-state index contributed by atoms with van der Waals surface area (Å²) in [6.45, 7) is 2.08. The molecule has 3 aromatic rings. The smallest absolute Gasteiger partial charge is 0.177 e. The average Bonchev–Trinajstić information content (AvgIpc) is 3.01. The fourth-order valence-corrected chi connectivity index (χ4v) is 3.58. The number of imidazole rings is 1. The van der Waals surface area contributed by atoms with Crippen LogP contribution in [0.2, 0.25) is 0 Å². The Labute approximate surface area is 147 Å². The predicted molar refractivity (Wildman–Crippen MR) is 101 cm³/mol. The zero-order valence-electron chi connectivity index (χ0n) is 14.4. The highest BCUT2D eigenvalue weighted by molar-refractivity contribution is 5.76. The van der Waals surface area contributed by atoms with Gasteiger partial charge >= 0.3 is 0 Å². The Morgan fingerprint density at radius 1 is 1.12 bits per heavy atom. The summed E-state index contributed by atoms with van der Waals surface area (Å²) in [5.74, 6) is 0.923. The first-order valence-corrected chi connectivity index (χ1v) is 8.84. The second-order valence-electron chi connectivity index (χ2n) is 6.97. The highest BCUT2D eigenvalue weighted by Crippen LogP contribution is 2.33. The Bertz CT molecular complexity index is 892. The first kappa shape index (κ1) is 15.9. The Hall–Kier alpha value is -2.60. The average molecular weight is 336 g/mol. The first-order valence-electron chi connectivity index (χ1n) is 8.84. The van der Waals surface area contributed by atoms with Gasteiger partial charge in [0.2, 0.25) is 0 Å². The molecular formula is C19H24N6. The van der Waals surface area contributed by atoms with Gasteiger partial charge in [0, 0.05) is 23.7 Å². The topological polar surface area (TPSA) is 94.3 Å². The third-order valence-electron chi connectivity index (χ3n) is 5.07. The van der Waals surface area contributed by atoms with Crippen molar-refractivity contribution in [3.8, 4) is 0 Å². The quantitative estimate of drug-likeness (QED) is 0.682. The fourth-order valence-electron chi connectivity index (χ4n) is 3.58. The molecule has 130 valence electrons. The molecule has 0 unspecified atom stereocenters. The van der Waals surface area contributed by atoms with E-state index < -0.39 is 0 Å². The molecule has 6 heteroatoms. The SMILES string of the molecule is Cc1ccccc1Nc1cc(N)nn2cc([C@H]3CC[C@H](N)CC3)nc12. The van der Waals surface area contributed by atoms with Gasteiger partial charge in [0.25, 0.3) is 0 Å². The summed E-state index contributed by atoms with van der Waals surface area (Å²) >= 11 is 0. The van der Waals surface area contributed by atoms with Gasteiger partial charge in [-0.2, -0.15) is 0 Å². The Kier molecular flexibility index (Phi) is 4.05. The van der Waals surface area contributed by atoms with Gasteiger partial charge in [-0.05, 0) is 44.2 Å². The van der Waals surface area contributed by atoms with Crippen LogP contribution in [0, 0.1) is 6.92 Å². The number of hydrogen-bond donors (Lipinski definition) is 3. The van der Waals surface area contributed by atoms with E-state index >= 15 is 0 Å². The molecule has 1 saturated carbocycles. The summed E-state index contributed by atoms with van der Waals surface area (Å²) in [5.41, 5.74) is 17.0. The summed E-state index contributed by atoms with van der Waals surface area (Å²) < 4.78 is 1.79. The van der Waals surface area contributed by atoms with Crippen molar-refractivity contribution in [1.29, 1.82) is 0 Å². The molecule has 2 heterocycles. The molecule has 0 aliphatic heterocycles. The molecule has 0 spiro atoms. The molecule has 0 amide bonds. The molecular weight excluding hydrogens is 312 g/mol. The highest BCUT2D eigenvalue weighted by atomic mass is 15.3. The van der Waals surface area contributed by atoms with Crippen LogP contribution in [-0.2, 0) is 0 Å². The zero-order valence-corrected chi connectivity index (χ0v) is 14.4. The monoisotopic (exact) mass is 336 g/mol. The molecule has 0 radical (unpaired) electrons. The van der Waals surface area contributed by atoms with Gasteiger partial charge in [-0.15, -0.1) is 5.10 Å². The minimum atomic E-state index is 0.334. The van der Waals surface area contributed by atoms with E-state index in [0.29, 0.717) is 17.8 Å². The van der Waals surface area contributed by atoms with Crippen LogP contribution >= 0.6 is 0 Å². The normalized spacial score (nSPS) is 20.7. The standard InChI is InChI=1S/C19H24N6/c1-12-4-2-3-5-15(12)22-16-10-18(21)24-25-11-17(23-19(16)25)13-6-8-14(20)9-7-13/h2-5,10-11,13-14,22H,6-9,20H2,1H3,(H2,21,24)/t13-,14-. The van der Waals surface area contributed by atoms with Gasteiger partial charge in [-0.25, -0.2) is 9.50 Å². The lowest BCUT2D eigenvalue weighted by molar-refractivity contribution is 0.391. The fraction of sp³-hybridized carbons (Fsp3) is 0.368. The second kappa shape index (κ2) is 6.37. The maximum absolute atomic E-state index is 6.03. The molecule has 25 heavy (non-hydrogen) atoms. The number of nitrogens with zero attached hydrogens (tertiary/aromatic N) is 3. The van der Waals surface area contributed by atoms with Crippen LogP contribution < -0.4 is 16.8 Å². The van der Waals surface area contributed by atoms with Crippen molar-refractivity contribution < 1.29 is 0 Å². The van der Waals surface area contributed by atoms with Crippen molar-refractivity contribution in [1.82, 2.24) is 14.6 Å². The van der Waals surface area contributed by atoms with Crippen molar-refractivity contribution in [2.45, 2.75) is 44.6 Å². The minimum Gasteiger partial charge on any atom is -0.382 e. The van der Waals surface area contributed by atoms with Gasteiger partial charge in [-0.3, -0.25) is 0 Å². The number of benzene rings is 1. The minimum absolute atomic E-state index is 0.334. The molecule has 1 aliphatic carbocycles. The number of nitrogens with two attached hydrogens (primary N) is 2. The molecule has 0 bridgehead atoms. The van der Waals surface area contributed by atoms with Crippen molar-refractivity contribution in [3.05, 3.63) is 47.8 Å². The van der Waals surface area contributed by atoms with Crippen molar-refractivity contribution in [3.63, 3.8) is 0 Å². The zero-order chi connectivity index (χ0) is 17.4. The lowest BCUT2D eigenvalue weighted by atomic mass is 9.85. The number of nitrogen functional groups attached to an aromatic ring is 1. The van der Waals surface area contributed by atoms with Crippen LogP contribution in [-0.4, -0.2) is 20.6 Å². The number of para-hydroxylation sites is 1. The predicted octanol–water partition coefficient (Wildman–Crippen LogP) is 3.35. The molecule has 6 nitrogen and oxygen atoms in total. The van der Waals surface area contributed by atoms with E-state index in [-0.39, 0.29) is 0 Å². The maximum atomic E-state index is 6.03. The van der Waals surface area contributed by atoms with E-state index in [2.05, 4.69) is 29.5 Å². The van der Waals surface area contributed by atoms with Crippen molar-refractivity contribution in [2.24, 2.45) is 5.73 Å². The van der Waals surface area contributed by atoms with Crippen molar-refractivity contribution in [2.75, 3.05) is 11.1 Å². The molecule has 4 rings (SSSR count). The van der Waals surface area contributed by atoms with E-state index in [1.54, 1.807) is 4.52 Å². The molecule has 1 aromatic carbocycles. The van der Waals surface area contributed by atoms with Crippen LogP contribution in [0.5, 0.6) is 0 Å². The highest BCUT2D eigenvalue weighted by Gasteiger charge is 2.23. The molecule has 0 atom stereocenters. The summed E-state index contributed by atoms with van der Waals surface area (Å²) in [6.07, 6.45) is 6.29. The number of nitrogens with one attached hydrogen (secondary N) is 1. The Morgan fingerprint density at radius 2 is 1.88 bits per heavy atom. The number of rotatable bonds is 3.